The number of nitrogens with zero attached hydrogens (tertiary/aromatic N) is 3. The van der Waals surface area contributed by atoms with Crippen LogP contribution in [0.25, 0.3) is 5.69 Å². The molecule has 28 heavy (non-hydrogen) atoms. The van der Waals surface area contributed by atoms with Gasteiger partial charge in [-0.15, -0.1) is 0 Å². The largest absolute Gasteiger partial charge is 0.338 e. The molecule has 1 saturated heterocycles. The molecule has 4 rings (SSSR count). The normalized spacial score (nSPS) is 19.2. The Morgan fingerprint density at radius 1 is 1.11 bits per heavy atom. The minimum atomic E-state index is 0.0354. The summed E-state index contributed by atoms with van der Waals surface area (Å²) in [6.07, 6.45) is 1.69. The predicted octanol–water partition coefficient (Wildman–Crippen LogP) is 3.30. The van der Waals surface area contributed by atoms with Crippen LogP contribution in [0.15, 0.2) is 60.8 Å². The molecule has 2 N–H and O–H groups in total. The fourth-order valence-corrected chi connectivity index (χ4v) is 4.16. The lowest BCUT2D eigenvalue weighted by atomic mass is 9.89. The van der Waals surface area contributed by atoms with Gasteiger partial charge in [0.2, 0.25) is 0 Å². The molecule has 3 aromatic rings. The number of aromatic nitrogens is 2. The Morgan fingerprint density at radius 3 is 2.61 bits per heavy atom. The molecule has 1 aliphatic rings. The van der Waals surface area contributed by atoms with Gasteiger partial charge in [-0.05, 0) is 49.6 Å². The summed E-state index contributed by atoms with van der Waals surface area (Å²) in [5, 5.41) is 4.48. The second-order valence-electron chi connectivity index (χ2n) is 7.62. The van der Waals surface area contributed by atoms with Gasteiger partial charge in [-0.1, -0.05) is 42.5 Å². The number of carbonyl (C=O) groups is 1. The van der Waals surface area contributed by atoms with Gasteiger partial charge in [0.05, 0.1) is 23.1 Å². The van der Waals surface area contributed by atoms with Crippen molar-refractivity contribution in [1.29, 1.82) is 0 Å². The molecule has 2 heterocycles. The van der Waals surface area contributed by atoms with Gasteiger partial charge in [0.1, 0.15) is 0 Å². The number of aryl methyl sites for hydroxylation is 1. The number of benzene rings is 2. The molecule has 1 aromatic heterocycles. The van der Waals surface area contributed by atoms with E-state index in [1.165, 1.54) is 5.56 Å². The number of likely N-dealkylation sites (tertiary alicyclic amines) is 1. The molecule has 0 saturated carbocycles. The van der Waals surface area contributed by atoms with Crippen LogP contribution in [0.3, 0.4) is 0 Å². The summed E-state index contributed by atoms with van der Waals surface area (Å²) >= 11 is 0. The first-order valence-corrected chi connectivity index (χ1v) is 9.74. The lowest BCUT2D eigenvalue weighted by Crippen LogP contribution is -2.30. The average molecular weight is 374 g/mol. The first-order valence-electron chi connectivity index (χ1n) is 9.74. The SMILES string of the molecule is Cc1cccc(-n2ncc(C(=O)N3C[C@@H](CN)[C@H](c4ccccc4)C3)c2C)c1. The summed E-state index contributed by atoms with van der Waals surface area (Å²) in [6.45, 7) is 5.96. The molecule has 0 unspecified atom stereocenters. The van der Waals surface area contributed by atoms with Gasteiger partial charge >= 0.3 is 0 Å². The molecule has 0 bridgehead atoms. The van der Waals surface area contributed by atoms with Gasteiger partial charge < -0.3 is 10.6 Å². The van der Waals surface area contributed by atoms with E-state index >= 15 is 0 Å². The summed E-state index contributed by atoms with van der Waals surface area (Å²) in [5.74, 6) is 0.592. The van der Waals surface area contributed by atoms with Crippen molar-refractivity contribution in [3.63, 3.8) is 0 Å². The number of rotatable bonds is 4. The molecule has 2 aromatic carbocycles. The Kier molecular flexibility index (Phi) is 5.01. The van der Waals surface area contributed by atoms with E-state index in [0.29, 0.717) is 25.2 Å². The molecule has 0 aliphatic carbocycles. The summed E-state index contributed by atoms with van der Waals surface area (Å²) in [7, 11) is 0. The van der Waals surface area contributed by atoms with E-state index in [1.807, 2.05) is 46.8 Å². The zero-order valence-electron chi connectivity index (χ0n) is 16.4. The number of carbonyl (C=O) groups excluding carboxylic acids is 1. The Bertz CT molecular complexity index is 979. The molecular formula is C23H26N4O. The van der Waals surface area contributed by atoms with Crippen LogP contribution in [0.5, 0.6) is 0 Å². The quantitative estimate of drug-likeness (QED) is 0.762. The van der Waals surface area contributed by atoms with E-state index in [9.17, 15) is 4.79 Å². The zero-order chi connectivity index (χ0) is 19.7. The Balaban J connectivity index is 1.59. The highest BCUT2D eigenvalue weighted by Crippen LogP contribution is 2.33. The maximum Gasteiger partial charge on any atom is 0.257 e. The molecule has 1 aliphatic heterocycles. The molecule has 5 nitrogen and oxygen atoms in total. The first kappa shape index (κ1) is 18.4. The summed E-state index contributed by atoms with van der Waals surface area (Å²) in [6, 6.07) is 18.5. The van der Waals surface area contributed by atoms with Crippen molar-refractivity contribution >= 4 is 5.91 Å². The van der Waals surface area contributed by atoms with Crippen LogP contribution in [-0.2, 0) is 0 Å². The number of hydrogen-bond donors (Lipinski definition) is 1. The highest BCUT2D eigenvalue weighted by atomic mass is 16.2. The van der Waals surface area contributed by atoms with E-state index in [4.69, 9.17) is 5.73 Å². The molecule has 0 radical (unpaired) electrons. The van der Waals surface area contributed by atoms with Crippen molar-refractivity contribution in [1.82, 2.24) is 14.7 Å². The lowest BCUT2D eigenvalue weighted by molar-refractivity contribution is 0.0785. The highest BCUT2D eigenvalue weighted by molar-refractivity contribution is 5.95. The van der Waals surface area contributed by atoms with Gasteiger partial charge in [-0.3, -0.25) is 4.79 Å². The third-order valence-electron chi connectivity index (χ3n) is 5.75. The van der Waals surface area contributed by atoms with E-state index in [-0.39, 0.29) is 17.7 Å². The Labute approximate surface area is 165 Å². The van der Waals surface area contributed by atoms with Crippen molar-refractivity contribution in [2.45, 2.75) is 19.8 Å². The molecular weight excluding hydrogens is 348 g/mol. The molecule has 1 fully saturated rings. The fraction of sp³-hybridized carbons (Fsp3) is 0.304. The van der Waals surface area contributed by atoms with Gasteiger partial charge in [0.25, 0.3) is 5.91 Å². The zero-order valence-corrected chi connectivity index (χ0v) is 16.4. The molecule has 0 spiro atoms. The minimum Gasteiger partial charge on any atom is -0.338 e. The van der Waals surface area contributed by atoms with Crippen LogP contribution in [0.2, 0.25) is 0 Å². The predicted molar refractivity (Wildman–Crippen MR) is 111 cm³/mol. The van der Waals surface area contributed by atoms with Gasteiger partial charge in [-0.2, -0.15) is 5.10 Å². The van der Waals surface area contributed by atoms with E-state index in [1.54, 1.807) is 6.20 Å². The Hall–Kier alpha value is -2.92. The van der Waals surface area contributed by atoms with E-state index in [0.717, 1.165) is 16.9 Å². The standard InChI is InChI=1S/C23H26N4O/c1-16-7-6-10-20(11-16)27-17(2)21(13-25-27)23(28)26-14-19(12-24)22(15-26)18-8-4-3-5-9-18/h3-11,13,19,22H,12,14-15,24H2,1-2H3/t19-,22+/m1/s1. The van der Waals surface area contributed by atoms with Crippen molar-refractivity contribution in [3.05, 3.63) is 83.2 Å². The van der Waals surface area contributed by atoms with Crippen LogP contribution >= 0.6 is 0 Å². The maximum absolute atomic E-state index is 13.2. The smallest absolute Gasteiger partial charge is 0.257 e. The second kappa shape index (κ2) is 7.60. The van der Waals surface area contributed by atoms with Crippen molar-refractivity contribution in [2.75, 3.05) is 19.6 Å². The highest BCUT2D eigenvalue weighted by Gasteiger charge is 2.36. The Morgan fingerprint density at radius 2 is 1.89 bits per heavy atom. The van der Waals surface area contributed by atoms with E-state index in [2.05, 4.69) is 36.3 Å². The summed E-state index contributed by atoms with van der Waals surface area (Å²) < 4.78 is 1.84. The van der Waals surface area contributed by atoms with Gasteiger partial charge in [0, 0.05) is 19.0 Å². The third kappa shape index (κ3) is 3.34. The van der Waals surface area contributed by atoms with Crippen molar-refractivity contribution < 1.29 is 4.79 Å². The van der Waals surface area contributed by atoms with Crippen LogP contribution < -0.4 is 5.73 Å². The van der Waals surface area contributed by atoms with Gasteiger partial charge in [-0.25, -0.2) is 4.68 Å². The fourth-order valence-electron chi connectivity index (χ4n) is 4.16. The number of hydrogen-bond acceptors (Lipinski definition) is 3. The molecule has 2 atom stereocenters. The average Bonchev–Trinajstić information content (AvgIpc) is 3.32. The maximum atomic E-state index is 13.2. The molecule has 144 valence electrons. The van der Waals surface area contributed by atoms with E-state index < -0.39 is 0 Å². The van der Waals surface area contributed by atoms with Crippen LogP contribution in [0.1, 0.15) is 33.1 Å². The first-order chi connectivity index (χ1) is 13.6. The number of amides is 1. The molecule has 5 heteroatoms. The monoisotopic (exact) mass is 374 g/mol. The lowest BCUT2D eigenvalue weighted by Gasteiger charge is -2.17. The van der Waals surface area contributed by atoms with Crippen LogP contribution in [-0.4, -0.2) is 40.2 Å². The second-order valence-corrected chi connectivity index (χ2v) is 7.62. The van der Waals surface area contributed by atoms with Gasteiger partial charge in [0.15, 0.2) is 0 Å². The summed E-state index contributed by atoms with van der Waals surface area (Å²) in [5.41, 5.74) is 10.9. The van der Waals surface area contributed by atoms with Crippen molar-refractivity contribution in [3.8, 4) is 5.69 Å². The van der Waals surface area contributed by atoms with Crippen molar-refractivity contribution in [2.24, 2.45) is 11.7 Å². The topological polar surface area (TPSA) is 64.2 Å². The van der Waals surface area contributed by atoms with Crippen LogP contribution in [0.4, 0.5) is 0 Å². The van der Waals surface area contributed by atoms with Crippen LogP contribution in [0, 0.1) is 19.8 Å². The molecule has 1 amide bonds. The summed E-state index contributed by atoms with van der Waals surface area (Å²) in [4.78, 5) is 15.2. The number of nitrogens with two attached hydrogens (primary N) is 1. The third-order valence-corrected chi connectivity index (χ3v) is 5.75. The minimum absolute atomic E-state index is 0.0354.